The topological polar surface area (TPSA) is 35.6 Å². The normalized spacial score (nSPS) is 11.6. The van der Waals surface area contributed by atoms with Crippen LogP contribution in [0.15, 0.2) is 206 Å². The van der Waals surface area contributed by atoms with Crippen molar-refractivity contribution < 1.29 is 0 Å². The van der Waals surface area contributed by atoms with Crippen LogP contribution in [0.5, 0.6) is 0 Å². The van der Waals surface area contributed by atoms with Gasteiger partial charge in [-0.2, -0.15) is 0 Å². The Morgan fingerprint density at radius 2 is 0.643 bits per heavy atom. The van der Waals surface area contributed by atoms with Gasteiger partial charge in [-0.15, -0.1) is 0 Å². The fourth-order valence-electron chi connectivity index (χ4n) is 8.45. The first-order chi connectivity index (χ1) is 27.8. The highest BCUT2D eigenvalue weighted by molar-refractivity contribution is 6.22. The Kier molecular flexibility index (Phi) is 7.46. The van der Waals surface area contributed by atoms with E-state index in [-0.39, 0.29) is 0 Å². The Labute approximate surface area is 324 Å². The first-order valence-electron chi connectivity index (χ1n) is 19.0. The van der Waals surface area contributed by atoms with E-state index in [1.807, 2.05) is 0 Å². The van der Waals surface area contributed by atoms with Crippen molar-refractivity contribution >= 4 is 43.6 Å². The number of para-hydroxylation sites is 6. The van der Waals surface area contributed by atoms with Crippen LogP contribution in [0.4, 0.5) is 0 Å². The van der Waals surface area contributed by atoms with Crippen LogP contribution in [0.1, 0.15) is 0 Å². The fraction of sp³-hybridized carbons (Fsp3) is 0. The van der Waals surface area contributed by atoms with Gasteiger partial charge in [-0.25, -0.2) is 9.97 Å². The van der Waals surface area contributed by atoms with Crippen LogP contribution in [0.25, 0.3) is 100 Å². The fourth-order valence-corrected chi connectivity index (χ4v) is 8.45. The van der Waals surface area contributed by atoms with E-state index in [4.69, 9.17) is 9.97 Å². The van der Waals surface area contributed by atoms with E-state index in [1.165, 1.54) is 43.8 Å². The SMILES string of the molecule is c1ccc(-c2c3ccc(-c4nc5ccccc5n4-c4ccccc4)cc3c(-c3ccccc3)c3ccc(-c4nc5ccccc5n4-c4ccccc4)cc23)cc1. The predicted molar refractivity (Wildman–Crippen MR) is 232 cm³/mol. The number of hydrogen-bond acceptors (Lipinski definition) is 2. The molecule has 0 spiro atoms. The molecule has 0 fully saturated rings. The largest absolute Gasteiger partial charge is 0.292 e. The zero-order valence-corrected chi connectivity index (χ0v) is 30.4. The van der Waals surface area contributed by atoms with Crippen molar-refractivity contribution in [1.82, 2.24) is 19.1 Å². The molecule has 11 aromatic rings. The van der Waals surface area contributed by atoms with E-state index < -0.39 is 0 Å². The second-order valence-corrected chi connectivity index (χ2v) is 14.2. The lowest BCUT2D eigenvalue weighted by atomic mass is 9.84. The highest BCUT2D eigenvalue weighted by atomic mass is 15.1. The quantitative estimate of drug-likeness (QED) is 0.161. The maximum absolute atomic E-state index is 5.26. The van der Waals surface area contributed by atoms with E-state index in [1.54, 1.807) is 0 Å². The lowest BCUT2D eigenvalue weighted by molar-refractivity contribution is 1.10. The zero-order valence-electron chi connectivity index (χ0n) is 30.4. The molecule has 0 aliphatic carbocycles. The number of benzene rings is 9. The molecule has 0 saturated heterocycles. The zero-order chi connectivity index (χ0) is 37.0. The van der Waals surface area contributed by atoms with Crippen molar-refractivity contribution in [3.05, 3.63) is 206 Å². The number of rotatable bonds is 6. The number of imidazole rings is 2. The monoisotopic (exact) mass is 714 g/mol. The molecule has 0 bridgehead atoms. The molecule has 0 aliphatic rings. The van der Waals surface area contributed by atoms with Crippen LogP contribution >= 0.6 is 0 Å². The molecule has 0 amide bonds. The summed E-state index contributed by atoms with van der Waals surface area (Å²) in [5.41, 5.74) is 13.1. The van der Waals surface area contributed by atoms with Crippen LogP contribution in [0.2, 0.25) is 0 Å². The van der Waals surface area contributed by atoms with Gasteiger partial charge in [-0.05, 0) is 104 Å². The van der Waals surface area contributed by atoms with Crippen molar-refractivity contribution in [3.8, 4) is 56.4 Å². The Balaban J connectivity index is 1.24. The Morgan fingerprint density at radius 1 is 0.286 bits per heavy atom. The smallest absolute Gasteiger partial charge is 0.145 e. The number of aromatic nitrogens is 4. The van der Waals surface area contributed by atoms with Gasteiger partial charge in [0.05, 0.1) is 22.1 Å². The molecular weight excluding hydrogens is 681 g/mol. The molecule has 0 unspecified atom stereocenters. The van der Waals surface area contributed by atoms with Crippen molar-refractivity contribution in [3.63, 3.8) is 0 Å². The summed E-state index contributed by atoms with van der Waals surface area (Å²) >= 11 is 0. The Hall–Kier alpha value is -7.56. The van der Waals surface area contributed by atoms with Crippen LogP contribution in [-0.4, -0.2) is 19.1 Å². The summed E-state index contributed by atoms with van der Waals surface area (Å²) in [6.07, 6.45) is 0. The first-order valence-corrected chi connectivity index (χ1v) is 19.0. The van der Waals surface area contributed by atoms with E-state index in [0.29, 0.717) is 0 Å². The highest BCUT2D eigenvalue weighted by Crippen LogP contribution is 2.46. The van der Waals surface area contributed by atoms with Gasteiger partial charge in [0, 0.05) is 22.5 Å². The molecule has 0 atom stereocenters. The third-order valence-corrected chi connectivity index (χ3v) is 10.9. The molecule has 0 N–H and O–H groups in total. The molecule has 9 aromatic carbocycles. The van der Waals surface area contributed by atoms with Crippen LogP contribution in [-0.2, 0) is 0 Å². The molecule has 56 heavy (non-hydrogen) atoms. The molecule has 0 saturated carbocycles. The summed E-state index contributed by atoms with van der Waals surface area (Å²) < 4.78 is 4.56. The molecule has 4 nitrogen and oxygen atoms in total. The lowest BCUT2D eigenvalue weighted by Gasteiger charge is -2.20. The van der Waals surface area contributed by atoms with Crippen molar-refractivity contribution in [2.24, 2.45) is 0 Å². The lowest BCUT2D eigenvalue weighted by Crippen LogP contribution is -1.99. The van der Waals surface area contributed by atoms with Gasteiger partial charge < -0.3 is 0 Å². The minimum atomic E-state index is 0.912. The van der Waals surface area contributed by atoms with E-state index in [0.717, 1.165) is 56.2 Å². The Bertz CT molecular complexity index is 3000. The summed E-state index contributed by atoms with van der Waals surface area (Å²) in [7, 11) is 0. The van der Waals surface area contributed by atoms with Gasteiger partial charge in [0.15, 0.2) is 0 Å². The summed E-state index contributed by atoms with van der Waals surface area (Å²) in [5, 5.41) is 4.72. The first kappa shape index (κ1) is 31.9. The molecule has 2 aromatic heterocycles. The molecule has 0 radical (unpaired) electrons. The maximum Gasteiger partial charge on any atom is 0.145 e. The average molecular weight is 715 g/mol. The maximum atomic E-state index is 5.26. The Morgan fingerprint density at radius 3 is 1.05 bits per heavy atom. The van der Waals surface area contributed by atoms with E-state index in [2.05, 4.69) is 215 Å². The van der Waals surface area contributed by atoms with Gasteiger partial charge in [0.25, 0.3) is 0 Å². The molecule has 262 valence electrons. The minimum absolute atomic E-state index is 0.912. The number of nitrogens with zero attached hydrogens (tertiary/aromatic N) is 4. The van der Waals surface area contributed by atoms with Crippen LogP contribution in [0, 0.1) is 0 Å². The summed E-state index contributed by atoms with van der Waals surface area (Å²) in [5.74, 6) is 1.82. The molecule has 4 heteroatoms. The summed E-state index contributed by atoms with van der Waals surface area (Å²) in [4.78, 5) is 10.5. The third-order valence-electron chi connectivity index (χ3n) is 10.9. The van der Waals surface area contributed by atoms with E-state index in [9.17, 15) is 0 Å². The van der Waals surface area contributed by atoms with Gasteiger partial charge in [0.1, 0.15) is 11.6 Å². The van der Waals surface area contributed by atoms with Gasteiger partial charge in [-0.3, -0.25) is 9.13 Å². The second kappa shape index (κ2) is 13.1. The van der Waals surface area contributed by atoms with Gasteiger partial charge >= 0.3 is 0 Å². The third kappa shape index (κ3) is 5.15. The standard InChI is InChI=1S/C52H34N4/c1-5-17-35(18-6-1)49-41-31-29-38(52-54-46-26-14-16-28-48(46)56(52)40-23-11-4-12-24-40)34-44(41)50(36-19-7-2-8-20-36)42-32-30-37(33-43(42)49)51-53-45-25-13-15-27-47(45)55(51)39-21-9-3-10-22-39/h1-34H. The van der Waals surface area contributed by atoms with Crippen molar-refractivity contribution in [2.45, 2.75) is 0 Å². The predicted octanol–water partition coefficient (Wildman–Crippen LogP) is 13.3. The summed E-state index contributed by atoms with van der Waals surface area (Å²) in [6.45, 7) is 0. The van der Waals surface area contributed by atoms with Gasteiger partial charge in [-0.1, -0.05) is 146 Å². The van der Waals surface area contributed by atoms with Crippen molar-refractivity contribution in [1.29, 1.82) is 0 Å². The average Bonchev–Trinajstić information content (AvgIpc) is 3.86. The van der Waals surface area contributed by atoms with Crippen LogP contribution < -0.4 is 0 Å². The number of fused-ring (bicyclic) bond motifs is 4. The second-order valence-electron chi connectivity index (χ2n) is 14.2. The molecule has 0 aliphatic heterocycles. The number of hydrogen-bond donors (Lipinski definition) is 0. The molecule has 11 rings (SSSR count). The molecular formula is C52H34N4. The van der Waals surface area contributed by atoms with Gasteiger partial charge in [0.2, 0.25) is 0 Å². The molecule has 2 heterocycles. The van der Waals surface area contributed by atoms with Crippen molar-refractivity contribution in [2.75, 3.05) is 0 Å². The highest BCUT2D eigenvalue weighted by Gasteiger charge is 2.22. The van der Waals surface area contributed by atoms with E-state index >= 15 is 0 Å². The summed E-state index contributed by atoms with van der Waals surface area (Å²) in [6, 6.07) is 73.3. The van der Waals surface area contributed by atoms with Crippen LogP contribution in [0.3, 0.4) is 0 Å². The minimum Gasteiger partial charge on any atom is -0.292 e.